The molecule has 1 aromatic carbocycles. The zero-order chi connectivity index (χ0) is 16.5. The number of rotatable bonds is 7. The van der Waals surface area contributed by atoms with E-state index < -0.39 is 15.6 Å². The fraction of sp³-hybridized carbons (Fsp3) is 0.412. The summed E-state index contributed by atoms with van der Waals surface area (Å²) in [7, 11) is -3.59. The maximum absolute atomic E-state index is 12.5. The van der Waals surface area contributed by atoms with Crippen molar-refractivity contribution >= 4 is 21.4 Å². The van der Waals surface area contributed by atoms with Crippen LogP contribution < -0.4 is 4.72 Å². The first kappa shape index (κ1) is 16.6. The summed E-state index contributed by atoms with van der Waals surface area (Å²) in [4.78, 5) is 1.03. The van der Waals surface area contributed by atoms with Gasteiger partial charge >= 0.3 is 0 Å². The molecule has 0 spiro atoms. The van der Waals surface area contributed by atoms with Crippen LogP contribution in [0, 0.1) is 5.92 Å². The van der Waals surface area contributed by atoms with Crippen molar-refractivity contribution in [2.24, 2.45) is 5.92 Å². The van der Waals surface area contributed by atoms with Gasteiger partial charge in [-0.05, 0) is 42.9 Å². The highest BCUT2D eigenvalue weighted by molar-refractivity contribution is 7.91. The number of hydrogen-bond donors (Lipinski definition) is 2. The Kier molecular flexibility index (Phi) is 4.60. The van der Waals surface area contributed by atoms with Crippen molar-refractivity contribution in [1.29, 1.82) is 0 Å². The second kappa shape index (κ2) is 6.36. The molecular formula is C17H21NO3S2. The third-order valence-corrected chi connectivity index (χ3v) is 7.43. The molecule has 1 aliphatic carbocycles. The number of nitrogens with one attached hydrogen (secondary N) is 1. The van der Waals surface area contributed by atoms with Crippen molar-refractivity contribution in [2.75, 3.05) is 6.54 Å². The second-order valence-corrected chi connectivity index (χ2v) is 9.13. The summed E-state index contributed by atoms with van der Waals surface area (Å²) in [5.41, 5.74) is -0.371. The van der Waals surface area contributed by atoms with Gasteiger partial charge in [0.15, 0.2) is 0 Å². The molecule has 0 bridgehead atoms. The summed E-state index contributed by atoms with van der Waals surface area (Å²) in [6.45, 7) is 2.00. The normalized spacial score (nSPS) is 17.8. The fourth-order valence-corrected chi connectivity index (χ4v) is 5.15. The van der Waals surface area contributed by atoms with E-state index in [-0.39, 0.29) is 12.5 Å². The number of aryl methyl sites for hydroxylation is 1. The molecule has 1 aromatic heterocycles. The van der Waals surface area contributed by atoms with Gasteiger partial charge in [-0.2, -0.15) is 0 Å². The number of aliphatic hydroxyl groups is 1. The Morgan fingerprint density at radius 3 is 2.48 bits per heavy atom. The third kappa shape index (κ3) is 3.50. The SMILES string of the molecule is CCc1ccc(S(=O)(=O)NC[C@](O)(c2ccccc2)C2CC2)s1. The van der Waals surface area contributed by atoms with E-state index in [0.29, 0.717) is 4.21 Å². The fourth-order valence-electron chi connectivity index (χ4n) is 2.74. The molecule has 2 aromatic rings. The van der Waals surface area contributed by atoms with Gasteiger partial charge in [-0.25, -0.2) is 13.1 Å². The molecule has 1 fully saturated rings. The van der Waals surface area contributed by atoms with Gasteiger partial charge in [-0.1, -0.05) is 37.3 Å². The molecule has 2 N–H and O–H groups in total. The molecule has 1 atom stereocenters. The largest absolute Gasteiger partial charge is 0.383 e. The Hall–Kier alpha value is -1.21. The van der Waals surface area contributed by atoms with Crippen LogP contribution >= 0.6 is 11.3 Å². The number of benzene rings is 1. The van der Waals surface area contributed by atoms with Crippen LogP contribution in [0.4, 0.5) is 0 Å². The van der Waals surface area contributed by atoms with Gasteiger partial charge in [0, 0.05) is 11.4 Å². The first-order valence-corrected chi connectivity index (χ1v) is 10.1. The van der Waals surface area contributed by atoms with Crippen LogP contribution in [-0.4, -0.2) is 20.1 Å². The summed E-state index contributed by atoms with van der Waals surface area (Å²) in [6, 6.07) is 12.8. The average molecular weight is 351 g/mol. The Morgan fingerprint density at radius 1 is 1.22 bits per heavy atom. The molecule has 124 valence electrons. The van der Waals surface area contributed by atoms with Gasteiger partial charge in [0.2, 0.25) is 10.0 Å². The van der Waals surface area contributed by atoms with E-state index in [4.69, 9.17) is 0 Å². The van der Waals surface area contributed by atoms with Gasteiger partial charge in [0.25, 0.3) is 0 Å². The lowest BCUT2D eigenvalue weighted by Crippen LogP contribution is -2.42. The standard InChI is InChI=1S/C17H21NO3S2/c1-2-15-10-11-16(22-15)23(20,21)18-12-17(19,14-8-9-14)13-6-4-3-5-7-13/h3-7,10-11,14,18-19H,2,8-9,12H2,1H3/t17-/m0/s1. The minimum atomic E-state index is -3.59. The van der Waals surface area contributed by atoms with Gasteiger partial charge in [0.05, 0.1) is 0 Å². The van der Waals surface area contributed by atoms with Crippen molar-refractivity contribution in [2.45, 2.75) is 36.0 Å². The Labute approximate surface area is 141 Å². The molecule has 0 amide bonds. The van der Waals surface area contributed by atoms with E-state index in [2.05, 4.69) is 4.72 Å². The summed E-state index contributed by atoms with van der Waals surface area (Å²) >= 11 is 1.28. The summed E-state index contributed by atoms with van der Waals surface area (Å²) in [5, 5.41) is 11.1. The highest BCUT2D eigenvalue weighted by atomic mass is 32.2. The molecule has 1 saturated carbocycles. The lowest BCUT2D eigenvalue weighted by atomic mass is 9.89. The Balaban J connectivity index is 1.79. The zero-order valence-electron chi connectivity index (χ0n) is 13.0. The van der Waals surface area contributed by atoms with E-state index in [1.54, 1.807) is 6.07 Å². The molecule has 4 nitrogen and oxygen atoms in total. The number of sulfonamides is 1. The van der Waals surface area contributed by atoms with Crippen LogP contribution in [0.25, 0.3) is 0 Å². The molecule has 1 aliphatic rings. The van der Waals surface area contributed by atoms with Crippen LogP contribution in [0.2, 0.25) is 0 Å². The number of thiophene rings is 1. The van der Waals surface area contributed by atoms with Crippen LogP contribution in [0.3, 0.4) is 0 Å². The van der Waals surface area contributed by atoms with Gasteiger partial charge < -0.3 is 5.11 Å². The monoisotopic (exact) mass is 351 g/mol. The number of hydrogen-bond acceptors (Lipinski definition) is 4. The van der Waals surface area contributed by atoms with Crippen LogP contribution in [0.1, 0.15) is 30.2 Å². The average Bonchev–Trinajstić information content (AvgIpc) is 3.31. The molecule has 0 saturated heterocycles. The first-order valence-electron chi connectivity index (χ1n) is 7.82. The lowest BCUT2D eigenvalue weighted by Gasteiger charge is -2.29. The van der Waals surface area contributed by atoms with Gasteiger partial charge in [-0.15, -0.1) is 11.3 Å². The maximum Gasteiger partial charge on any atom is 0.250 e. The maximum atomic E-state index is 12.5. The molecule has 0 radical (unpaired) electrons. The Morgan fingerprint density at radius 2 is 1.91 bits per heavy atom. The molecular weight excluding hydrogens is 330 g/mol. The van der Waals surface area contributed by atoms with Gasteiger partial charge in [0.1, 0.15) is 9.81 Å². The second-order valence-electron chi connectivity index (χ2n) is 5.96. The van der Waals surface area contributed by atoms with Gasteiger partial charge in [-0.3, -0.25) is 0 Å². The first-order chi connectivity index (χ1) is 11.0. The molecule has 6 heteroatoms. The minimum Gasteiger partial charge on any atom is -0.383 e. The predicted molar refractivity (Wildman–Crippen MR) is 91.9 cm³/mol. The quantitative estimate of drug-likeness (QED) is 0.806. The highest BCUT2D eigenvalue weighted by Crippen LogP contribution is 2.45. The van der Waals surface area contributed by atoms with Crippen LogP contribution in [0.15, 0.2) is 46.7 Å². The van der Waals surface area contributed by atoms with Crippen molar-refractivity contribution in [3.8, 4) is 0 Å². The summed E-state index contributed by atoms with van der Waals surface area (Å²) in [5.74, 6) is 0.113. The zero-order valence-corrected chi connectivity index (χ0v) is 14.7. The minimum absolute atomic E-state index is 0.00334. The van der Waals surface area contributed by atoms with E-state index in [1.165, 1.54) is 11.3 Å². The van der Waals surface area contributed by atoms with Crippen LogP contribution in [0.5, 0.6) is 0 Å². The van der Waals surface area contributed by atoms with Crippen molar-refractivity contribution in [1.82, 2.24) is 4.72 Å². The third-order valence-electron chi connectivity index (χ3n) is 4.31. The molecule has 1 heterocycles. The Bertz CT molecular complexity index is 766. The highest BCUT2D eigenvalue weighted by Gasteiger charge is 2.45. The summed E-state index contributed by atoms with van der Waals surface area (Å²) < 4.78 is 27.9. The molecule has 0 unspecified atom stereocenters. The van der Waals surface area contributed by atoms with Crippen molar-refractivity contribution in [3.05, 3.63) is 52.9 Å². The van der Waals surface area contributed by atoms with Crippen molar-refractivity contribution in [3.63, 3.8) is 0 Å². The van der Waals surface area contributed by atoms with Crippen LogP contribution in [-0.2, 0) is 22.0 Å². The lowest BCUT2D eigenvalue weighted by molar-refractivity contribution is 0.0185. The predicted octanol–water partition coefficient (Wildman–Crippen LogP) is 2.89. The molecule has 3 rings (SSSR count). The molecule has 0 aliphatic heterocycles. The van der Waals surface area contributed by atoms with E-state index in [0.717, 1.165) is 29.7 Å². The van der Waals surface area contributed by atoms with E-state index in [1.807, 2.05) is 43.3 Å². The van der Waals surface area contributed by atoms with Crippen molar-refractivity contribution < 1.29 is 13.5 Å². The van der Waals surface area contributed by atoms with E-state index >= 15 is 0 Å². The summed E-state index contributed by atoms with van der Waals surface area (Å²) in [6.07, 6.45) is 2.66. The smallest absolute Gasteiger partial charge is 0.250 e. The molecule has 23 heavy (non-hydrogen) atoms. The topological polar surface area (TPSA) is 66.4 Å². The van der Waals surface area contributed by atoms with E-state index in [9.17, 15) is 13.5 Å².